The SMILES string of the molecule is C=C(c1cnn(C2CCNCC2)c1)N(C)/C(C)=N/C=N. The van der Waals surface area contributed by atoms with Gasteiger partial charge in [0.2, 0.25) is 0 Å². The van der Waals surface area contributed by atoms with Gasteiger partial charge in [-0.2, -0.15) is 5.10 Å². The maximum absolute atomic E-state index is 7.02. The first-order chi connectivity index (χ1) is 9.63. The van der Waals surface area contributed by atoms with Gasteiger partial charge in [-0.05, 0) is 32.9 Å². The quantitative estimate of drug-likeness (QED) is 0.649. The van der Waals surface area contributed by atoms with Crippen molar-refractivity contribution in [2.45, 2.75) is 25.8 Å². The van der Waals surface area contributed by atoms with Crippen LogP contribution in [0.5, 0.6) is 0 Å². The summed E-state index contributed by atoms with van der Waals surface area (Å²) in [4.78, 5) is 5.83. The molecule has 20 heavy (non-hydrogen) atoms. The van der Waals surface area contributed by atoms with E-state index in [9.17, 15) is 0 Å². The van der Waals surface area contributed by atoms with Crippen LogP contribution in [0.15, 0.2) is 24.0 Å². The molecule has 1 aliphatic heterocycles. The molecule has 1 aromatic heterocycles. The fraction of sp³-hybridized carbons (Fsp3) is 0.500. The molecule has 0 saturated carbocycles. The Hall–Kier alpha value is -1.95. The van der Waals surface area contributed by atoms with Crippen LogP contribution in [0.4, 0.5) is 0 Å². The van der Waals surface area contributed by atoms with E-state index in [2.05, 4.69) is 22.0 Å². The number of piperidine rings is 1. The Morgan fingerprint density at radius 1 is 1.60 bits per heavy atom. The lowest BCUT2D eigenvalue weighted by Gasteiger charge is -2.23. The van der Waals surface area contributed by atoms with Crippen molar-refractivity contribution in [3.8, 4) is 0 Å². The van der Waals surface area contributed by atoms with E-state index in [0.29, 0.717) is 6.04 Å². The van der Waals surface area contributed by atoms with E-state index in [4.69, 9.17) is 5.41 Å². The minimum atomic E-state index is 0.472. The molecule has 0 amide bonds. The van der Waals surface area contributed by atoms with Crippen LogP contribution < -0.4 is 5.32 Å². The Bertz CT molecular complexity index is 509. The third-order valence-electron chi connectivity index (χ3n) is 3.76. The Labute approximate surface area is 119 Å². The lowest BCUT2D eigenvalue weighted by molar-refractivity contribution is 0.343. The van der Waals surface area contributed by atoms with Crippen molar-refractivity contribution in [2.24, 2.45) is 4.99 Å². The van der Waals surface area contributed by atoms with Crippen LogP contribution in [0.1, 0.15) is 31.4 Å². The first-order valence-electron chi connectivity index (χ1n) is 6.84. The first-order valence-corrected chi connectivity index (χ1v) is 6.84. The van der Waals surface area contributed by atoms with Crippen LogP contribution in [0, 0.1) is 5.41 Å². The van der Waals surface area contributed by atoms with Gasteiger partial charge in [0, 0.05) is 24.5 Å². The van der Waals surface area contributed by atoms with Crippen LogP contribution in [0.3, 0.4) is 0 Å². The van der Waals surface area contributed by atoms with Crippen molar-refractivity contribution < 1.29 is 0 Å². The highest BCUT2D eigenvalue weighted by atomic mass is 15.3. The fourth-order valence-electron chi connectivity index (χ4n) is 2.33. The van der Waals surface area contributed by atoms with Gasteiger partial charge >= 0.3 is 0 Å². The lowest BCUT2D eigenvalue weighted by Crippen LogP contribution is -2.29. The standard InChI is InChI=1S/C14H22N6/c1-11(19(3)12(2)17-10-15)13-8-18-20(9-13)14-4-6-16-7-5-14/h8-10,14-16H,1,4-7H2,2-3H3/b15-10?,17-12+. The van der Waals surface area contributed by atoms with Crippen LogP contribution >= 0.6 is 0 Å². The molecule has 0 unspecified atom stereocenters. The Balaban J connectivity index is 2.09. The van der Waals surface area contributed by atoms with Crippen molar-refractivity contribution >= 4 is 17.9 Å². The molecule has 0 radical (unpaired) electrons. The highest BCUT2D eigenvalue weighted by molar-refractivity contribution is 5.92. The second kappa shape index (κ2) is 6.47. The number of aromatic nitrogens is 2. The summed E-state index contributed by atoms with van der Waals surface area (Å²) in [6.07, 6.45) is 7.15. The van der Waals surface area contributed by atoms with Gasteiger partial charge in [-0.3, -0.25) is 10.1 Å². The minimum Gasteiger partial charge on any atom is -0.333 e. The van der Waals surface area contributed by atoms with Gasteiger partial charge in [-0.1, -0.05) is 6.58 Å². The van der Waals surface area contributed by atoms with Gasteiger partial charge in [-0.15, -0.1) is 0 Å². The normalized spacial score (nSPS) is 17.0. The molecule has 0 aliphatic carbocycles. The molecule has 6 nitrogen and oxygen atoms in total. The molecule has 1 saturated heterocycles. The van der Waals surface area contributed by atoms with Crippen LogP contribution in [0.25, 0.3) is 5.70 Å². The molecule has 1 fully saturated rings. The monoisotopic (exact) mass is 274 g/mol. The van der Waals surface area contributed by atoms with Gasteiger partial charge in [0.25, 0.3) is 0 Å². The Kier molecular flexibility index (Phi) is 4.68. The molecule has 2 N–H and O–H groups in total. The largest absolute Gasteiger partial charge is 0.333 e. The molecule has 1 aromatic rings. The molecule has 1 aliphatic rings. The average Bonchev–Trinajstić information content (AvgIpc) is 2.96. The minimum absolute atomic E-state index is 0.472. The van der Waals surface area contributed by atoms with Gasteiger partial charge in [0.15, 0.2) is 0 Å². The molecule has 2 heterocycles. The topological polar surface area (TPSA) is 69.3 Å². The van der Waals surface area contributed by atoms with Gasteiger partial charge in [0.05, 0.1) is 12.2 Å². The molecular formula is C14H22N6. The van der Waals surface area contributed by atoms with Crippen LogP contribution in [-0.2, 0) is 0 Å². The number of hydrogen-bond donors (Lipinski definition) is 2. The van der Waals surface area contributed by atoms with Gasteiger partial charge in [-0.25, -0.2) is 4.99 Å². The molecule has 0 spiro atoms. The molecule has 0 aromatic carbocycles. The smallest absolute Gasteiger partial charge is 0.109 e. The first kappa shape index (κ1) is 14.5. The number of nitrogens with one attached hydrogen (secondary N) is 2. The average molecular weight is 274 g/mol. The van der Waals surface area contributed by atoms with Crippen molar-refractivity contribution in [3.05, 3.63) is 24.5 Å². The predicted octanol–water partition coefficient (Wildman–Crippen LogP) is 1.74. The third kappa shape index (κ3) is 3.14. The number of rotatable bonds is 4. The van der Waals surface area contributed by atoms with Crippen molar-refractivity contribution in [3.63, 3.8) is 0 Å². The van der Waals surface area contributed by atoms with Crippen LogP contribution in [-0.4, -0.2) is 47.0 Å². The summed E-state index contributed by atoms with van der Waals surface area (Å²) in [5.41, 5.74) is 1.83. The summed E-state index contributed by atoms with van der Waals surface area (Å²) in [5.74, 6) is 0.736. The summed E-state index contributed by atoms with van der Waals surface area (Å²) in [5, 5.41) is 14.8. The molecule has 2 rings (SSSR count). The second-order valence-electron chi connectivity index (χ2n) is 5.00. The molecule has 108 valence electrons. The molecule has 0 atom stereocenters. The van der Waals surface area contributed by atoms with Gasteiger partial charge in [0.1, 0.15) is 12.2 Å². The summed E-state index contributed by atoms with van der Waals surface area (Å²) in [7, 11) is 1.90. The predicted molar refractivity (Wildman–Crippen MR) is 82.1 cm³/mol. The zero-order valence-electron chi connectivity index (χ0n) is 12.1. The Morgan fingerprint density at radius 2 is 2.30 bits per heavy atom. The summed E-state index contributed by atoms with van der Waals surface area (Å²) >= 11 is 0. The second-order valence-corrected chi connectivity index (χ2v) is 5.00. The van der Waals surface area contributed by atoms with E-state index in [1.54, 1.807) is 0 Å². The summed E-state index contributed by atoms with van der Waals surface area (Å²) in [6.45, 7) is 8.04. The Morgan fingerprint density at radius 3 is 2.95 bits per heavy atom. The summed E-state index contributed by atoms with van der Waals surface area (Å²) < 4.78 is 2.04. The van der Waals surface area contributed by atoms with E-state index in [0.717, 1.165) is 49.4 Å². The number of aliphatic imine (C=N–C) groups is 1. The van der Waals surface area contributed by atoms with Crippen molar-refractivity contribution in [1.29, 1.82) is 5.41 Å². The zero-order chi connectivity index (χ0) is 14.5. The highest BCUT2D eigenvalue weighted by Crippen LogP contribution is 2.21. The number of hydrogen-bond acceptors (Lipinski definition) is 3. The van der Waals surface area contributed by atoms with Crippen molar-refractivity contribution in [2.75, 3.05) is 20.1 Å². The zero-order valence-corrected chi connectivity index (χ0v) is 12.1. The number of amidine groups is 1. The molecule has 0 bridgehead atoms. The highest BCUT2D eigenvalue weighted by Gasteiger charge is 2.17. The van der Waals surface area contributed by atoms with E-state index in [1.807, 2.05) is 35.9 Å². The summed E-state index contributed by atoms with van der Waals surface area (Å²) in [6, 6.07) is 0.472. The van der Waals surface area contributed by atoms with E-state index >= 15 is 0 Å². The van der Waals surface area contributed by atoms with E-state index in [-0.39, 0.29) is 0 Å². The van der Waals surface area contributed by atoms with E-state index < -0.39 is 0 Å². The van der Waals surface area contributed by atoms with Crippen LogP contribution in [0.2, 0.25) is 0 Å². The number of nitrogens with zero attached hydrogens (tertiary/aromatic N) is 4. The maximum atomic E-state index is 7.02. The lowest BCUT2D eigenvalue weighted by atomic mass is 10.1. The van der Waals surface area contributed by atoms with E-state index in [1.165, 1.54) is 0 Å². The van der Waals surface area contributed by atoms with Gasteiger partial charge < -0.3 is 10.2 Å². The molecule has 6 heteroatoms. The third-order valence-corrected chi connectivity index (χ3v) is 3.76. The molecular weight excluding hydrogens is 252 g/mol. The fourth-order valence-corrected chi connectivity index (χ4v) is 2.33. The van der Waals surface area contributed by atoms with Crippen molar-refractivity contribution in [1.82, 2.24) is 20.0 Å². The maximum Gasteiger partial charge on any atom is 0.109 e.